The van der Waals surface area contributed by atoms with Crippen LogP contribution in [-0.4, -0.2) is 76.9 Å². The van der Waals surface area contributed by atoms with Crippen LogP contribution in [0.1, 0.15) is 40.5 Å². The number of nitrogens with one attached hydrogen (secondary N) is 2. The molecule has 1 rings (SSSR count). The van der Waals surface area contributed by atoms with Gasteiger partial charge < -0.3 is 29.6 Å². The first-order valence-corrected chi connectivity index (χ1v) is 10.6. The molecule has 0 saturated carbocycles. The molecule has 2 N–H and O–H groups in total. The number of carbonyl (C=O) groups excluding carboxylic acids is 1. The molecule has 1 aliphatic rings. The number of hydrogen-bond donors (Lipinski definition) is 2. The van der Waals surface area contributed by atoms with Crippen molar-refractivity contribution in [2.45, 2.75) is 58.8 Å². The highest BCUT2D eigenvalue weighted by Gasteiger charge is 2.15. The summed E-state index contributed by atoms with van der Waals surface area (Å²) in [6.07, 6.45) is 3.41. The van der Waals surface area contributed by atoms with Gasteiger partial charge in [0.1, 0.15) is 0 Å². The number of amides is 1. The standard InChI is InChI=1S/C22H38N2O5/c1-18(2)23-9-6-11-26-13-15-28-16-14-27-12-10-24-22(25)20-7-5-8-21(17-20)29-19(3)4/h17-19,21,23H,6,8-16H2,1-4H3,(H,24,25). The topological polar surface area (TPSA) is 78.0 Å². The largest absolute Gasteiger partial charge is 0.379 e. The lowest BCUT2D eigenvalue weighted by Gasteiger charge is -2.17. The van der Waals surface area contributed by atoms with Crippen molar-refractivity contribution in [3.05, 3.63) is 11.6 Å². The Hall–Kier alpha value is -1.43. The highest BCUT2D eigenvalue weighted by molar-refractivity contribution is 5.98. The van der Waals surface area contributed by atoms with E-state index in [-0.39, 0.29) is 18.1 Å². The summed E-state index contributed by atoms with van der Waals surface area (Å²) in [5.74, 6) is 5.64. The van der Waals surface area contributed by atoms with Crippen LogP contribution in [0.15, 0.2) is 11.6 Å². The lowest BCUT2D eigenvalue weighted by molar-refractivity contribution is -0.117. The van der Waals surface area contributed by atoms with Gasteiger partial charge in [0.25, 0.3) is 5.91 Å². The highest BCUT2D eigenvalue weighted by atomic mass is 16.5. The Labute approximate surface area is 175 Å². The van der Waals surface area contributed by atoms with E-state index in [1.807, 2.05) is 13.8 Å². The van der Waals surface area contributed by atoms with Gasteiger partial charge in [0, 0.05) is 25.6 Å². The second kappa shape index (κ2) is 16.4. The van der Waals surface area contributed by atoms with Crippen LogP contribution in [0.3, 0.4) is 0 Å². The van der Waals surface area contributed by atoms with Crippen LogP contribution in [-0.2, 0) is 23.7 Å². The molecule has 1 atom stereocenters. The number of carbonyl (C=O) groups is 1. The van der Waals surface area contributed by atoms with Crippen LogP contribution in [0.2, 0.25) is 0 Å². The van der Waals surface area contributed by atoms with Gasteiger partial charge in [0.2, 0.25) is 0 Å². The molecule has 0 aromatic heterocycles. The maximum absolute atomic E-state index is 12.1. The van der Waals surface area contributed by atoms with Crippen LogP contribution in [0.5, 0.6) is 0 Å². The van der Waals surface area contributed by atoms with E-state index in [2.05, 4.69) is 36.3 Å². The third kappa shape index (κ3) is 14.2. The molecule has 0 saturated heterocycles. The van der Waals surface area contributed by atoms with Gasteiger partial charge in [-0.3, -0.25) is 4.79 Å². The molecular weight excluding hydrogens is 372 g/mol. The summed E-state index contributed by atoms with van der Waals surface area (Å²) in [6, 6.07) is 0.515. The summed E-state index contributed by atoms with van der Waals surface area (Å²) in [7, 11) is 0. The van der Waals surface area contributed by atoms with Gasteiger partial charge in [-0.15, -0.1) is 0 Å². The molecule has 29 heavy (non-hydrogen) atoms. The molecule has 0 spiro atoms. The monoisotopic (exact) mass is 410 g/mol. The van der Waals surface area contributed by atoms with Crippen molar-refractivity contribution < 1.29 is 23.7 Å². The molecule has 1 unspecified atom stereocenters. The lowest BCUT2D eigenvalue weighted by Crippen LogP contribution is -2.30. The fraction of sp³-hybridized carbons (Fsp3) is 0.773. The lowest BCUT2D eigenvalue weighted by atomic mass is 10.1. The fourth-order valence-corrected chi connectivity index (χ4v) is 2.54. The van der Waals surface area contributed by atoms with E-state index in [0.717, 1.165) is 19.6 Å². The molecule has 166 valence electrons. The van der Waals surface area contributed by atoms with Crippen molar-refractivity contribution in [1.29, 1.82) is 0 Å². The van der Waals surface area contributed by atoms with E-state index in [1.165, 1.54) is 0 Å². The zero-order valence-electron chi connectivity index (χ0n) is 18.4. The Morgan fingerprint density at radius 1 is 1.03 bits per heavy atom. The number of hydrogen-bond acceptors (Lipinski definition) is 6. The fourth-order valence-electron chi connectivity index (χ4n) is 2.54. The SMILES string of the molecule is CC(C)NCCCOCCOCCOCCNC(=O)C1=CC(OC(C)C)CC#C1. The van der Waals surface area contributed by atoms with E-state index in [4.69, 9.17) is 18.9 Å². The third-order valence-corrected chi connectivity index (χ3v) is 3.86. The van der Waals surface area contributed by atoms with E-state index < -0.39 is 0 Å². The first-order chi connectivity index (χ1) is 14.0. The van der Waals surface area contributed by atoms with Crippen molar-refractivity contribution in [3.63, 3.8) is 0 Å². The van der Waals surface area contributed by atoms with Gasteiger partial charge in [-0.2, -0.15) is 0 Å². The maximum Gasteiger partial charge on any atom is 0.259 e. The van der Waals surface area contributed by atoms with Gasteiger partial charge in [-0.25, -0.2) is 0 Å². The molecule has 0 radical (unpaired) electrons. The van der Waals surface area contributed by atoms with E-state index in [9.17, 15) is 4.79 Å². The molecule has 0 aromatic rings. The zero-order chi connectivity index (χ0) is 21.3. The Bertz CT molecular complexity index is 537. The Morgan fingerprint density at radius 3 is 2.34 bits per heavy atom. The summed E-state index contributed by atoms with van der Waals surface area (Å²) >= 11 is 0. The van der Waals surface area contributed by atoms with Crippen LogP contribution in [0.4, 0.5) is 0 Å². The maximum atomic E-state index is 12.1. The highest BCUT2D eigenvalue weighted by Crippen LogP contribution is 2.11. The van der Waals surface area contributed by atoms with Crippen molar-refractivity contribution >= 4 is 5.91 Å². The van der Waals surface area contributed by atoms with Gasteiger partial charge in [0.05, 0.1) is 50.8 Å². The predicted octanol–water partition coefficient (Wildman–Crippen LogP) is 1.67. The molecule has 0 heterocycles. The normalized spacial score (nSPS) is 15.9. The molecular formula is C22H38N2O5. The van der Waals surface area contributed by atoms with Crippen LogP contribution >= 0.6 is 0 Å². The Morgan fingerprint density at radius 2 is 1.69 bits per heavy atom. The van der Waals surface area contributed by atoms with Crippen LogP contribution in [0, 0.1) is 11.8 Å². The summed E-state index contributed by atoms with van der Waals surface area (Å²) in [5, 5.41) is 6.16. The third-order valence-electron chi connectivity index (χ3n) is 3.86. The van der Waals surface area contributed by atoms with E-state index in [0.29, 0.717) is 57.6 Å². The molecule has 7 heteroatoms. The molecule has 0 aliphatic heterocycles. The second-order valence-electron chi connectivity index (χ2n) is 7.36. The summed E-state index contributed by atoms with van der Waals surface area (Å²) in [5.41, 5.74) is 0.463. The summed E-state index contributed by atoms with van der Waals surface area (Å²) in [4.78, 5) is 12.1. The molecule has 1 amide bonds. The predicted molar refractivity (Wildman–Crippen MR) is 114 cm³/mol. The summed E-state index contributed by atoms with van der Waals surface area (Å²) < 4.78 is 22.1. The molecule has 0 bridgehead atoms. The molecule has 1 aliphatic carbocycles. The average molecular weight is 411 g/mol. The first-order valence-electron chi connectivity index (χ1n) is 10.6. The van der Waals surface area contributed by atoms with Crippen LogP contribution < -0.4 is 10.6 Å². The van der Waals surface area contributed by atoms with Crippen molar-refractivity contribution in [2.24, 2.45) is 0 Å². The minimum Gasteiger partial charge on any atom is -0.379 e. The van der Waals surface area contributed by atoms with E-state index >= 15 is 0 Å². The second-order valence-corrected chi connectivity index (χ2v) is 7.36. The molecule has 0 fully saturated rings. The molecule has 7 nitrogen and oxygen atoms in total. The van der Waals surface area contributed by atoms with Crippen LogP contribution in [0.25, 0.3) is 0 Å². The first kappa shape index (κ1) is 25.6. The van der Waals surface area contributed by atoms with Gasteiger partial charge >= 0.3 is 0 Å². The van der Waals surface area contributed by atoms with Crippen molar-refractivity contribution in [2.75, 3.05) is 52.7 Å². The quantitative estimate of drug-likeness (QED) is 0.281. The van der Waals surface area contributed by atoms with Gasteiger partial charge in [-0.05, 0) is 32.9 Å². The Balaban J connectivity index is 1.93. The minimum atomic E-state index is -0.185. The van der Waals surface area contributed by atoms with Crippen molar-refractivity contribution in [3.8, 4) is 11.8 Å². The minimum absolute atomic E-state index is 0.106. The zero-order valence-corrected chi connectivity index (χ0v) is 18.4. The van der Waals surface area contributed by atoms with Gasteiger partial charge in [0.15, 0.2) is 0 Å². The Kier molecular flexibility index (Phi) is 14.5. The van der Waals surface area contributed by atoms with Crippen molar-refractivity contribution in [1.82, 2.24) is 10.6 Å². The number of rotatable bonds is 17. The molecule has 0 aromatic carbocycles. The number of ether oxygens (including phenoxy) is 4. The average Bonchev–Trinajstić information content (AvgIpc) is 2.67. The van der Waals surface area contributed by atoms with E-state index in [1.54, 1.807) is 6.08 Å². The summed E-state index contributed by atoms with van der Waals surface area (Å²) in [6.45, 7) is 12.9. The van der Waals surface area contributed by atoms with Gasteiger partial charge in [-0.1, -0.05) is 25.7 Å². The smallest absolute Gasteiger partial charge is 0.259 e.